The van der Waals surface area contributed by atoms with Gasteiger partial charge in [0.05, 0.1) is 11.5 Å². The Bertz CT molecular complexity index is 1490. The number of carbonyl (C=O) groups excluding carboxylic acids is 5. The predicted octanol–water partition coefficient (Wildman–Crippen LogP) is 4.07. The fourth-order valence-electron chi connectivity index (χ4n) is 8.22. The maximum absolute atomic E-state index is 14.3. The Hall–Kier alpha value is -3.45. The molecule has 39 heavy (non-hydrogen) atoms. The van der Waals surface area contributed by atoms with Crippen molar-refractivity contribution >= 4 is 28.9 Å². The summed E-state index contributed by atoms with van der Waals surface area (Å²) in [6, 6.07) is 10.9. The first-order chi connectivity index (χ1) is 18.1. The van der Waals surface area contributed by atoms with Crippen molar-refractivity contribution in [2.75, 3.05) is 0 Å². The van der Waals surface area contributed by atoms with E-state index in [4.69, 9.17) is 0 Å². The second-order valence-electron chi connectivity index (χ2n) is 12.7. The van der Waals surface area contributed by atoms with E-state index in [-0.39, 0.29) is 30.1 Å². The SMILES string of the molecule is CC(=O)C1C(=O)C(C(C)C)[C@@]2(C)C[C@@]3(C)Cc4c(-c5cccc(C)c5)ccc(O)c4C(=O)C3C(=O)[C@@]2(O)C1=O. The van der Waals surface area contributed by atoms with Gasteiger partial charge in [0, 0.05) is 11.3 Å². The van der Waals surface area contributed by atoms with Crippen LogP contribution in [-0.2, 0) is 25.6 Å². The second-order valence-corrected chi connectivity index (χ2v) is 12.7. The number of phenols is 1. The average Bonchev–Trinajstić information content (AvgIpc) is 2.81. The van der Waals surface area contributed by atoms with Gasteiger partial charge in [-0.05, 0) is 60.8 Å². The Morgan fingerprint density at radius 2 is 1.69 bits per heavy atom. The number of carbonyl (C=O) groups is 5. The van der Waals surface area contributed by atoms with Crippen LogP contribution < -0.4 is 0 Å². The van der Waals surface area contributed by atoms with Crippen molar-refractivity contribution in [3.8, 4) is 16.9 Å². The molecular weight excluding hydrogens is 496 g/mol. The van der Waals surface area contributed by atoms with Crippen LogP contribution in [0.5, 0.6) is 5.75 Å². The van der Waals surface area contributed by atoms with Crippen LogP contribution in [-0.4, -0.2) is 44.7 Å². The van der Waals surface area contributed by atoms with Crippen molar-refractivity contribution in [3.63, 3.8) is 0 Å². The smallest absolute Gasteiger partial charge is 0.190 e. The number of rotatable bonds is 3. The number of hydrogen-bond donors (Lipinski definition) is 2. The third-order valence-corrected chi connectivity index (χ3v) is 9.59. The van der Waals surface area contributed by atoms with Crippen LogP contribution in [0.1, 0.15) is 62.5 Å². The molecule has 7 nitrogen and oxygen atoms in total. The summed E-state index contributed by atoms with van der Waals surface area (Å²) in [6.07, 6.45) is 0.253. The molecule has 5 rings (SSSR count). The van der Waals surface area contributed by atoms with Crippen molar-refractivity contribution in [2.24, 2.45) is 34.5 Å². The molecule has 0 bridgehead atoms. The molecule has 2 aromatic rings. The van der Waals surface area contributed by atoms with Crippen molar-refractivity contribution in [1.82, 2.24) is 0 Å². The second kappa shape index (κ2) is 8.52. The third kappa shape index (κ3) is 3.41. The molecule has 7 heteroatoms. The van der Waals surface area contributed by atoms with E-state index in [0.29, 0.717) is 5.56 Å². The maximum Gasteiger partial charge on any atom is 0.190 e. The van der Waals surface area contributed by atoms with E-state index < -0.39 is 63.1 Å². The molecule has 3 unspecified atom stereocenters. The summed E-state index contributed by atoms with van der Waals surface area (Å²) in [5.74, 6) is -8.85. The number of fused-ring (bicyclic) bond motifs is 3. The molecule has 0 spiro atoms. The molecule has 6 atom stereocenters. The minimum absolute atomic E-state index is 0.0138. The molecule has 3 aliphatic rings. The van der Waals surface area contributed by atoms with Gasteiger partial charge in [-0.25, -0.2) is 0 Å². The highest BCUT2D eigenvalue weighted by Gasteiger charge is 2.76. The molecule has 0 aromatic heterocycles. The fraction of sp³-hybridized carbons (Fsp3) is 0.469. The topological polar surface area (TPSA) is 126 Å². The highest BCUT2D eigenvalue weighted by atomic mass is 16.3. The standard InChI is InChI=1S/C32H34O7/c1-15(2)24-26(35)22(17(4)33)28(37)32(39)29(38)25-27(36)23-20(13-30(25,5)14-31(24,32)6)19(10-11-21(23)34)18-9-7-8-16(3)12-18/h7-12,15,22,24-25,34,39H,13-14H2,1-6H3/t22?,24?,25?,30-,31-,32+/m1/s1. The van der Waals surface area contributed by atoms with Crippen LogP contribution in [0, 0.1) is 41.4 Å². The van der Waals surface area contributed by atoms with Gasteiger partial charge in [0.25, 0.3) is 0 Å². The van der Waals surface area contributed by atoms with Crippen LogP contribution in [0.3, 0.4) is 0 Å². The Kier molecular flexibility index (Phi) is 5.93. The third-order valence-electron chi connectivity index (χ3n) is 9.59. The van der Waals surface area contributed by atoms with Gasteiger partial charge in [0.15, 0.2) is 28.7 Å². The largest absolute Gasteiger partial charge is 0.507 e. The van der Waals surface area contributed by atoms with E-state index in [1.165, 1.54) is 6.07 Å². The zero-order valence-corrected chi connectivity index (χ0v) is 23.1. The highest BCUT2D eigenvalue weighted by molar-refractivity contribution is 6.32. The fourth-order valence-corrected chi connectivity index (χ4v) is 8.22. The molecule has 2 aromatic carbocycles. The summed E-state index contributed by atoms with van der Waals surface area (Å²) < 4.78 is 0. The van der Waals surface area contributed by atoms with Crippen LogP contribution in [0.25, 0.3) is 11.1 Å². The lowest BCUT2D eigenvalue weighted by molar-refractivity contribution is -0.205. The Morgan fingerprint density at radius 1 is 1.03 bits per heavy atom. The molecule has 0 aliphatic heterocycles. The summed E-state index contributed by atoms with van der Waals surface area (Å²) in [7, 11) is 0. The molecule has 0 amide bonds. The van der Waals surface area contributed by atoms with Gasteiger partial charge in [0.2, 0.25) is 0 Å². The Morgan fingerprint density at radius 3 is 2.28 bits per heavy atom. The van der Waals surface area contributed by atoms with Gasteiger partial charge in [0.1, 0.15) is 17.5 Å². The predicted molar refractivity (Wildman–Crippen MR) is 143 cm³/mol. The number of benzene rings is 2. The number of phenolic OH excluding ortho intramolecular Hbond substituents is 1. The minimum Gasteiger partial charge on any atom is -0.507 e. The van der Waals surface area contributed by atoms with Crippen LogP contribution in [0.2, 0.25) is 0 Å². The summed E-state index contributed by atoms with van der Waals surface area (Å²) in [4.78, 5) is 68.2. The van der Waals surface area contributed by atoms with Gasteiger partial charge in [-0.1, -0.05) is 63.6 Å². The maximum atomic E-state index is 14.3. The van der Waals surface area contributed by atoms with Gasteiger partial charge in [-0.15, -0.1) is 0 Å². The van der Waals surface area contributed by atoms with E-state index in [2.05, 4.69) is 0 Å². The number of aliphatic hydroxyl groups is 1. The number of ketones is 5. The summed E-state index contributed by atoms with van der Waals surface area (Å²) in [5, 5.41) is 22.9. The van der Waals surface area contributed by atoms with E-state index in [0.717, 1.165) is 23.6 Å². The molecule has 0 saturated heterocycles. The van der Waals surface area contributed by atoms with Crippen molar-refractivity contribution in [1.29, 1.82) is 0 Å². The Labute approximate surface area is 227 Å². The molecule has 0 heterocycles. The molecule has 0 radical (unpaired) electrons. The van der Waals surface area contributed by atoms with Crippen molar-refractivity contribution in [3.05, 3.63) is 53.1 Å². The van der Waals surface area contributed by atoms with Crippen LogP contribution in [0.15, 0.2) is 36.4 Å². The van der Waals surface area contributed by atoms with E-state index in [9.17, 15) is 34.2 Å². The average molecular weight is 531 g/mol. The summed E-state index contributed by atoms with van der Waals surface area (Å²) in [6.45, 7) is 9.97. The van der Waals surface area contributed by atoms with Gasteiger partial charge < -0.3 is 10.2 Å². The quantitative estimate of drug-likeness (QED) is 0.573. The lowest BCUT2D eigenvalue weighted by atomic mass is 9.40. The summed E-state index contributed by atoms with van der Waals surface area (Å²) in [5.41, 5.74) is -2.02. The zero-order valence-electron chi connectivity index (χ0n) is 23.1. The molecule has 2 N–H and O–H groups in total. The lowest BCUT2D eigenvalue weighted by Gasteiger charge is -2.61. The van der Waals surface area contributed by atoms with Gasteiger partial charge in [-0.2, -0.15) is 0 Å². The minimum atomic E-state index is -2.69. The van der Waals surface area contributed by atoms with Crippen molar-refractivity contribution < 1.29 is 34.2 Å². The Balaban J connectivity index is 1.75. The van der Waals surface area contributed by atoms with E-state index in [1.807, 2.05) is 31.2 Å². The highest BCUT2D eigenvalue weighted by Crippen LogP contribution is 2.64. The number of aromatic hydroxyl groups is 1. The number of Topliss-reactive ketones (excluding diaryl/α,β-unsaturated/α-hetero) is 5. The van der Waals surface area contributed by atoms with Crippen molar-refractivity contribution in [2.45, 2.75) is 60.0 Å². The zero-order chi connectivity index (χ0) is 28.8. The van der Waals surface area contributed by atoms with E-state index in [1.54, 1.807) is 33.8 Å². The number of aryl methyl sites for hydroxylation is 1. The normalized spacial score (nSPS) is 34.0. The first-order valence-electron chi connectivity index (χ1n) is 13.4. The monoisotopic (exact) mass is 530 g/mol. The first-order valence-corrected chi connectivity index (χ1v) is 13.4. The molecule has 204 valence electrons. The molecular formula is C32H34O7. The lowest BCUT2D eigenvalue weighted by Crippen LogP contribution is -2.76. The van der Waals surface area contributed by atoms with Gasteiger partial charge in [-0.3, -0.25) is 24.0 Å². The van der Waals surface area contributed by atoms with Gasteiger partial charge >= 0.3 is 0 Å². The molecule has 3 aliphatic carbocycles. The molecule has 2 fully saturated rings. The first kappa shape index (κ1) is 27.1. The van der Waals surface area contributed by atoms with E-state index >= 15 is 0 Å². The molecule has 2 saturated carbocycles. The van der Waals surface area contributed by atoms with Crippen LogP contribution in [0.4, 0.5) is 0 Å². The summed E-state index contributed by atoms with van der Waals surface area (Å²) >= 11 is 0. The number of hydrogen-bond acceptors (Lipinski definition) is 7. The van der Waals surface area contributed by atoms with Crippen LogP contribution >= 0.6 is 0 Å².